The predicted molar refractivity (Wildman–Crippen MR) is 162 cm³/mol. The number of carbonyl (C=O) groups excluding carboxylic acids is 1. The van der Waals surface area contributed by atoms with Crippen LogP contribution in [-0.2, 0) is 24.8 Å². The summed E-state index contributed by atoms with van der Waals surface area (Å²) in [7, 11) is -5.23. The van der Waals surface area contributed by atoms with Crippen molar-refractivity contribution in [2.45, 2.75) is 23.6 Å². The van der Waals surface area contributed by atoms with Crippen LogP contribution in [0.5, 0.6) is 11.5 Å². The average molecular weight is 610 g/mol. The first-order chi connectivity index (χ1) is 19.9. The molecule has 0 unspecified atom stereocenters. The molecule has 0 aromatic heterocycles. The van der Waals surface area contributed by atoms with Crippen molar-refractivity contribution in [3.63, 3.8) is 0 Å². The van der Waals surface area contributed by atoms with Gasteiger partial charge in [-0.25, -0.2) is 16.8 Å². The highest BCUT2D eigenvalue weighted by molar-refractivity contribution is 7.93. The molecule has 0 heterocycles. The van der Waals surface area contributed by atoms with E-state index in [0.29, 0.717) is 11.4 Å². The van der Waals surface area contributed by atoms with Crippen molar-refractivity contribution in [3.05, 3.63) is 102 Å². The maximum absolute atomic E-state index is 13.7. The van der Waals surface area contributed by atoms with E-state index in [2.05, 4.69) is 10.0 Å². The molecule has 4 aromatic rings. The van der Waals surface area contributed by atoms with Gasteiger partial charge in [-0.2, -0.15) is 0 Å². The Kier molecular flexibility index (Phi) is 9.08. The molecule has 0 saturated carbocycles. The van der Waals surface area contributed by atoms with Crippen molar-refractivity contribution >= 4 is 43.0 Å². The third kappa shape index (κ3) is 6.84. The second-order valence-corrected chi connectivity index (χ2v) is 12.9. The smallest absolute Gasteiger partial charge is 0.264 e. The summed E-state index contributed by atoms with van der Waals surface area (Å²) in [5.41, 5.74) is 2.57. The molecule has 0 radical (unpaired) electrons. The molecule has 0 saturated heterocycles. The number of sulfonamides is 2. The summed E-state index contributed by atoms with van der Waals surface area (Å²) in [6, 6.07) is 23.3. The number of benzene rings is 4. The molecule has 0 atom stereocenters. The second kappa shape index (κ2) is 12.5. The Hall–Kier alpha value is -4.55. The fourth-order valence-electron chi connectivity index (χ4n) is 4.11. The number of methoxy groups -OCH3 is 2. The molecule has 2 N–H and O–H groups in total. The highest BCUT2D eigenvalue weighted by Gasteiger charge is 2.30. The second-order valence-electron chi connectivity index (χ2n) is 9.36. The molecule has 0 aliphatic rings. The molecule has 4 rings (SSSR count). The Balaban J connectivity index is 1.58. The van der Waals surface area contributed by atoms with Crippen LogP contribution in [0.2, 0.25) is 0 Å². The number of amides is 1. The maximum atomic E-state index is 13.7. The Bertz CT molecular complexity index is 1790. The molecule has 0 fully saturated rings. The molecule has 42 heavy (non-hydrogen) atoms. The number of ether oxygens (including phenoxy) is 2. The number of nitrogens with one attached hydrogen (secondary N) is 2. The molecular weight excluding hydrogens is 578 g/mol. The van der Waals surface area contributed by atoms with Crippen LogP contribution in [0.15, 0.2) is 101 Å². The van der Waals surface area contributed by atoms with Gasteiger partial charge in [-0.3, -0.25) is 13.8 Å². The van der Waals surface area contributed by atoms with Gasteiger partial charge in [0.1, 0.15) is 18.0 Å². The van der Waals surface area contributed by atoms with Crippen molar-refractivity contribution in [2.75, 3.05) is 35.1 Å². The Morgan fingerprint density at radius 3 is 2.12 bits per heavy atom. The molecule has 12 heteroatoms. The standard InChI is InChI=1S/C30H31N3O7S2/c1-21-10-11-22(2)27(18-21)32-41(35,36)25-15-12-23(13-16-25)31-30(34)20-33(42(37,38)26-8-6-5-7-9-26)28-17-14-24(39-3)19-29(28)40-4/h5-19,32H,20H2,1-4H3,(H,31,34). The van der Waals surface area contributed by atoms with Gasteiger partial charge in [-0.1, -0.05) is 30.3 Å². The Morgan fingerprint density at radius 2 is 1.48 bits per heavy atom. The average Bonchev–Trinajstić information content (AvgIpc) is 2.98. The maximum Gasteiger partial charge on any atom is 0.264 e. The van der Waals surface area contributed by atoms with Crippen LogP contribution < -0.4 is 23.8 Å². The summed E-state index contributed by atoms with van der Waals surface area (Å²) in [6.45, 7) is 3.08. The SMILES string of the molecule is COc1ccc(N(CC(=O)Nc2ccc(S(=O)(=O)Nc3cc(C)ccc3C)cc2)S(=O)(=O)c2ccccc2)c(OC)c1. The fraction of sp³-hybridized carbons (Fsp3) is 0.167. The van der Waals surface area contributed by atoms with E-state index in [1.165, 1.54) is 62.8 Å². The topological polar surface area (TPSA) is 131 Å². The van der Waals surface area contributed by atoms with Gasteiger partial charge >= 0.3 is 0 Å². The van der Waals surface area contributed by atoms with Crippen LogP contribution in [0.1, 0.15) is 11.1 Å². The van der Waals surface area contributed by atoms with E-state index >= 15 is 0 Å². The number of anilines is 3. The van der Waals surface area contributed by atoms with E-state index in [-0.39, 0.29) is 26.9 Å². The third-order valence-corrected chi connectivity index (χ3v) is 9.52. The van der Waals surface area contributed by atoms with Gasteiger partial charge in [0, 0.05) is 11.8 Å². The quantitative estimate of drug-likeness (QED) is 0.246. The van der Waals surface area contributed by atoms with E-state index in [1.807, 2.05) is 19.1 Å². The molecule has 0 aliphatic heterocycles. The highest BCUT2D eigenvalue weighted by Crippen LogP contribution is 2.35. The van der Waals surface area contributed by atoms with Crippen molar-refractivity contribution in [1.29, 1.82) is 0 Å². The lowest BCUT2D eigenvalue weighted by atomic mass is 10.1. The van der Waals surface area contributed by atoms with Crippen molar-refractivity contribution < 1.29 is 31.1 Å². The van der Waals surface area contributed by atoms with Crippen LogP contribution in [0, 0.1) is 13.8 Å². The lowest BCUT2D eigenvalue weighted by Gasteiger charge is -2.26. The van der Waals surface area contributed by atoms with Gasteiger partial charge in [-0.05, 0) is 79.6 Å². The third-order valence-electron chi connectivity index (χ3n) is 6.36. The summed E-state index contributed by atoms with van der Waals surface area (Å²) in [6.07, 6.45) is 0. The first-order valence-corrected chi connectivity index (χ1v) is 15.7. The summed E-state index contributed by atoms with van der Waals surface area (Å²) in [5.74, 6) is -0.0248. The minimum atomic E-state index is -4.19. The Morgan fingerprint density at radius 1 is 0.786 bits per heavy atom. The van der Waals surface area contributed by atoms with Gasteiger partial charge in [0.05, 0.1) is 35.4 Å². The number of aryl methyl sites for hydroxylation is 2. The molecule has 220 valence electrons. The molecular formula is C30H31N3O7S2. The van der Waals surface area contributed by atoms with E-state index in [1.54, 1.807) is 37.3 Å². The van der Waals surface area contributed by atoms with Gasteiger partial charge in [-0.15, -0.1) is 0 Å². The largest absolute Gasteiger partial charge is 0.497 e. The number of rotatable bonds is 11. The molecule has 4 aromatic carbocycles. The summed E-state index contributed by atoms with van der Waals surface area (Å²) in [5, 5.41) is 2.64. The number of carbonyl (C=O) groups is 1. The van der Waals surface area contributed by atoms with Crippen molar-refractivity contribution in [2.24, 2.45) is 0 Å². The van der Waals surface area contributed by atoms with Crippen LogP contribution in [0.3, 0.4) is 0 Å². The minimum Gasteiger partial charge on any atom is -0.497 e. The zero-order valence-corrected chi connectivity index (χ0v) is 25.1. The Labute approximate surface area is 246 Å². The lowest BCUT2D eigenvalue weighted by Crippen LogP contribution is -2.38. The molecule has 10 nitrogen and oxygen atoms in total. The summed E-state index contributed by atoms with van der Waals surface area (Å²) < 4.78 is 67.5. The van der Waals surface area contributed by atoms with Crippen LogP contribution >= 0.6 is 0 Å². The lowest BCUT2D eigenvalue weighted by molar-refractivity contribution is -0.114. The van der Waals surface area contributed by atoms with Crippen LogP contribution in [0.4, 0.5) is 17.1 Å². The molecule has 0 spiro atoms. The molecule has 1 amide bonds. The van der Waals surface area contributed by atoms with Crippen LogP contribution in [-0.4, -0.2) is 43.5 Å². The fourth-order valence-corrected chi connectivity index (χ4v) is 6.68. The number of nitrogens with zero attached hydrogens (tertiary/aromatic N) is 1. The van der Waals surface area contributed by atoms with E-state index in [9.17, 15) is 21.6 Å². The monoisotopic (exact) mass is 609 g/mol. The molecule has 0 bridgehead atoms. The predicted octanol–water partition coefficient (Wildman–Crippen LogP) is 4.96. The minimum absolute atomic E-state index is 0.00217. The zero-order valence-electron chi connectivity index (χ0n) is 23.5. The van der Waals surface area contributed by atoms with E-state index in [4.69, 9.17) is 9.47 Å². The van der Waals surface area contributed by atoms with E-state index < -0.39 is 32.5 Å². The van der Waals surface area contributed by atoms with Gasteiger partial charge in [0.25, 0.3) is 20.0 Å². The van der Waals surface area contributed by atoms with Crippen molar-refractivity contribution in [3.8, 4) is 11.5 Å². The molecule has 0 aliphatic carbocycles. The first kappa shape index (κ1) is 30.4. The van der Waals surface area contributed by atoms with Gasteiger partial charge in [0.15, 0.2) is 0 Å². The van der Waals surface area contributed by atoms with Crippen molar-refractivity contribution in [1.82, 2.24) is 0 Å². The number of hydrogen-bond donors (Lipinski definition) is 2. The zero-order chi connectivity index (χ0) is 30.5. The summed E-state index contributed by atoms with van der Waals surface area (Å²) in [4.78, 5) is 13.2. The summed E-state index contributed by atoms with van der Waals surface area (Å²) >= 11 is 0. The van der Waals surface area contributed by atoms with Crippen LogP contribution in [0.25, 0.3) is 0 Å². The van der Waals surface area contributed by atoms with Gasteiger partial charge in [0.2, 0.25) is 5.91 Å². The van der Waals surface area contributed by atoms with E-state index in [0.717, 1.165) is 15.4 Å². The first-order valence-electron chi connectivity index (χ1n) is 12.7. The van der Waals surface area contributed by atoms with Gasteiger partial charge < -0.3 is 14.8 Å². The highest BCUT2D eigenvalue weighted by atomic mass is 32.2. The number of hydrogen-bond acceptors (Lipinski definition) is 7. The normalized spacial score (nSPS) is 11.4.